The predicted octanol–water partition coefficient (Wildman–Crippen LogP) is 1.61. The average Bonchev–Trinajstić information content (AvgIpc) is 3.20. The fourth-order valence-electron chi connectivity index (χ4n) is 2.87. The van der Waals surface area contributed by atoms with Gasteiger partial charge in [-0.25, -0.2) is 19.3 Å². The smallest absolute Gasteiger partial charge is 0.167 e. The summed E-state index contributed by atoms with van der Waals surface area (Å²) in [4.78, 5) is 12.6. The van der Waals surface area contributed by atoms with Crippen LogP contribution in [0.4, 0.5) is 15.9 Å². The molecule has 10 heteroatoms. The zero-order valence-corrected chi connectivity index (χ0v) is 14.4. The third kappa shape index (κ3) is 2.98. The minimum Gasteiger partial charge on any atom is -0.386 e. The van der Waals surface area contributed by atoms with E-state index in [9.17, 15) is 14.6 Å². The second-order valence-electron chi connectivity index (χ2n) is 5.89. The van der Waals surface area contributed by atoms with Crippen molar-refractivity contribution in [1.29, 1.82) is 0 Å². The summed E-state index contributed by atoms with van der Waals surface area (Å²) in [6, 6.07) is 3.90. The molecule has 0 spiro atoms. The highest BCUT2D eigenvalue weighted by Gasteiger charge is 2.43. The summed E-state index contributed by atoms with van der Waals surface area (Å²) < 4.78 is 20.2. The zero-order chi connectivity index (χ0) is 19.1. The van der Waals surface area contributed by atoms with Crippen molar-refractivity contribution >= 4 is 34.3 Å². The van der Waals surface area contributed by atoms with E-state index in [1.54, 1.807) is 0 Å². The van der Waals surface area contributed by atoms with E-state index in [0.29, 0.717) is 22.7 Å². The van der Waals surface area contributed by atoms with Crippen LogP contribution in [-0.4, -0.2) is 48.0 Å². The highest BCUT2D eigenvalue weighted by molar-refractivity contribution is 6.33. The first-order valence-corrected chi connectivity index (χ1v) is 8.24. The Morgan fingerprint density at radius 2 is 2.07 bits per heavy atom. The molecule has 3 aromatic rings. The van der Waals surface area contributed by atoms with E-state index in [1.165, 1.54) is 35.4 Å². The molecule has 138 valence electrons. The van der Waals surface area contributed by atoms with E-state index in [4.69, 9.17) is 22.8 Å². The van der Waals surface area contributed by atoms with Crippen LogP contribution in [-0.2, 0) is 4.74 Å². The van der Waals surface area contributed by atoms with Gasteiger partial charge in [-0.2, -0.15) is 0 Å². The molecule has 1 saturated heterocycles. The third-order valence-corrected chi connectivity index (χ3v) is 4.53. The predicted molar refractivity (Wildman–Crippen MR) is 94.8 cm³/mol. The van der Waals surface area contributed by atoms with Crippen LogP contribution in [0, 0.1) is 18.2 Å². The molecule has 4 rings (SSSR count). The zero-order valence-electron chi connectivity index (χ0n) is 13.6. The number of imidazole rings is 1. The molecule has 0 bridgehead atoms. The van der Waals surface area contributed by atoms with Gasteiger partial charge in [0.05, 0.1) is 17.0 Å². The number of nitrogens with zero attached hydrogens (tertiary/aromatic N) is 4. The van der Waals surface area contributed by atoms with Crippen LogP contribution in [0.25, 0.3) is 11.2 Å². The maximum Gasteiger partial charge on any atom is 0.167 e. The van der Waals surface area contributed by atoms with Crippen molar-refractivity contribution in [3.63, 3.8) is 0 Å². The van der Waals surface area contributed by atoms with Gasteiger partial charge in [-0.15, -0.1) is 6.42 Å². The first-order valence-electron chi connectivity index (χ1n) is 7.87. The molecule has 4 atom stereocenters. The van der Waals surface area contributed by atoms with E-state index in [0.717, 1.165) is 0 Å². The number of aliphatic hydroxyl groups is 2. The summed E-state index contributed by atoms with van der Waals surface area (Å²) in [5, 5.41) is 23.3. The van der Waals surface area contributed by atoms with E-state index in [1.807, 2.05) is 0 Å². The van der Waals surface area contributed by atoms with Crippen molar-refractivity contribution in [2.75, 3.05) is 5.32 Å². The fraction of sp³-hybridized carbons (Fsp3) is 0.235. The summed E-state index contributed by atoms with van der Waals surface area (Å²) in [5.41, 5.74) is 1.15. The number of anilines is 2. The van der Waals surface area contributed by atoms with Crippen LogP contribution in [0.2, 0.25) is 5.02 Å². The van der Waals surface area contributed by atoms with Gasteiger partial charge >= 0.3 is 0 Å². The molecule has 2 aromatic heterocycles. The lowest BCUT2D eigenvalue weighted by Gasteiger charge is -2.16. The highest BCUT2D eigenvalue weighted by Crippen LogP contribution is 2.33. The average molecular weight is 390 g/mol. The number of terminal acetylenes is 1. The van der Waals surface area contributed by atoms with Gasteiger partial charge in [-0.1, -0.05) is 17.5 Å². The largest absolute Gasteiger partial charge is 0.386 e. The van der Waals surface area contributed by atoms with Crippen LogP contribution in [0.5, 0.6) is 0 Å². The summed E-state index contributed by atoms with van der Waals surface area (Å²) >= 11 is 6.04. The first kappa shape index (κ1) is 17.6. The van der Waals surface area contributed by atoms with Crippen molar-refractivity contribution in [3.8, 4) is 12.3 Å². The Hall–Kier alpha value is -2.77. The molecule has 27 heavy (non-hydrogen) atoms. The number of nitrogens with one attached hydrogen (secondary N) is 1. The molecule has 8 nitrogen and oxygen atoms in total. The number of aromatic nitrogens is 4. The summed E-state index contributed by atoms with van der Waals surface area (Å²) in [5.74, 6) is 2.15. The Morgan fingerprint density at radius 1 is 1.26 bits per heavy atom. The van der Waals surface area contributed by atoms with Gasteiger partial charge in [-0.3, -0.25) is 4.57 Å². The number of ether oxygens (including phenoxy) is 1. The third-order valence-electron chi connectivity index (χ3n) is 4.22. The number of hydrogen-bond donors (Lipinski definition) is 3. The highest BCUT2D eigenvalue weighted by atomic mass is 35.5. The van der Waals surface area contributed by atoms with Crippen molar-refractivity contribution in [3.05, 3.63) is 41.7 Å². The lowest BCUT2D eigenvalue weighted by molar-refractivity contribution is -0.0230. The number of halogens is 2. The van der Waals surface area contributed by atoms with Crippen LogP contribution >= 0.6 is 11.6 Å². The van der Waals surface area contributed by atoms with E-state index in [2.05, 4.69) is 26.2 Å². The standard InChI is InChI=1S/C17H13ClFN5O3/c1-2-11-13(25)14(26)17(27-11)24-7-22-12-15(20-6-21-16(12)24)23-10-4-3-8(19)5-9(10)18/h1,3-7,11,13-14,17,25-26H,(H,20,21,23). The molecule has 0 radical (unpaired) electrons. The van der Waals surface area contributed by atoms with Crippen molar-refractivity contribution in [2.24, 2.45) is 0 Å². The molecular weight excluding hydrogens is 377 g/mol. The van der Waals surface area contributed by atoms with Gasteiger partial charge in [0.25, 0.3) is 0 Å². The Kier molecular flexibility index (Phi) is 4.41. The number of rotatable bonds is 3. The molecule has 1 aromatic carbocycles. The quantitative estimate of drug-likeness (QED) is 0.584. The lowest BCUT2D eigenvalue weighted by Crippen LogP contribution is -2.30. The fourth-order valence-corrected chi connectivity index (χ4v) is 3.09. The van der Waals surface area contributed by atoms with Crippen LogP contribution < -0.4 is 5.32 Å². The van der Waals surface area contributed by atoms with Crippen LogP contribution in [0.3, 0.4) is 0 Å². The summed E-state index contributed by atoms with van der Waals surface area (Å²) in [6.07, 6.45) is 3.62. The van der Waals surface area contributed by atoms with Gasteiger partial charge in [0.1, 0.15) is 30.5 Å². The molecule has 0 saturated carbocycles. The van der Waals surface area contributed by atoms with Crippen molar-refractivity contribution < 1.29 is 19.3 Å². The molecule has 1 aliphatic rings. The molecule has 3 heterocycles. The second-order valence-corrected chi connectivity index (χ2v) is 6.30. The van der Waals surface area contributed by atoms with Crippen molar-refractivity contribution in [2.45, 2.75) is 24.5 Å². The monoisotopic (exact) mass is 389 g/mol. The van der Waals surface area contributed by atoms with Crippen molar-refractivity contribution in [1.82, 2.24) is 19.5 Å². The normalized spacial score (nSPS) is 24.9. The minimum atomic E-state index is -1.25. The number of aliphatic hydroxyl groups excluding tert-OH is 2. The molecule has 1 fully saturated rings. The van der Waals surface area contributed by atoms with E-state index in [-0.39, 0.29) is 5.02 Å². The van der Waals surface area contributed by atoms with E-state index < -0.39 is 30.4 Å². The lowest BCUT2D eigenvalue weighted by atomic mass is 10.1. The van der Waals surface area contributed by atoms with Gasteiger partial charge in [0.2, 0.25) is 0 Å². The minimum absolute atomic E-state index is 0.177. The molecular formula is C17H13ClFN5O3. The first-order chi connectivity index (χ1) is 13.0. The van der Waals surface area contributed by atoms with E-state index >= 15 is 0 Å². The molecule has 3 N–H and O–H groups in total. The number of hydrogen-bond acceptors (Lipinski definition) is 7. The van der Waals surface area contributed by atoms with Gasteiger partial charge in [-0.05, 0) is 18.2 Å². The Balaban J connectivity index is 1.71. The number of benzene rings is 1. The second kappa shape index (κ2) is 6.75. The molecule has 0 aliphatic carbocycles. The number of fused-ring (bicyclic) bond motifs is 1. The maximum absolute atomic E-state index is 13.2. The Bertz CT molecular complexity index is 1050. The van der Waals surface area contributed by atoms with Crippen LogP contribution in [0.15, 0.2) is 30.9 Å². The molecule has 4 unspecified atom stereocenters. The van der Waals surface area contributed by atoms with Gasteiger partial charge in [0, 0.05) is 0 Å². The molecule has 1 aliphatic heterocycles. The topological polar surface area (TPSA) is 105 Å². The van der Waals surface area contributed by atoms with Gasteiger partial charge in [0.15, 0.2) is 23.2 Å². The Labute approximate surface area is 157 Å². The molecule has 0 amide bonds. The SMILES string of the molecule is C#CC1OC(n2cnc3c(Nc4ccc(F)cc4Cl)ncnc32)C(O)C1O. The summed E-state index contributed by atoms with van der Waals surface area (Å²) in [7, 11) is 0. The van der Waals surface area contributed by atoms with Crippen LogP contribution in [0.1, 0.15) is 6.23 Å². The maximum atomic E-state index is 13.2. The van der Waals surface area contributed by atoms with Gasteiger partial charge < -0.3 is 20.3 Å². The summed E-state index contributed by atoms with van der Waals surface area (Å²) in [6.45, 7) is 0. The Morgan fingerprint density at radius 3 is 2.78 bits per heavy atom.